The molecule has 1 amide bonds. The van der Waals surface area contributed by atoms with Crippen molar-refractivity contribution in [1.29, 1.82) is 0 Å². The molecule has 6 nitrogen and oxygen atoms in total. The lowest BCUT2D eigenvalue weighted by molar-refractivity contribution is -0.160. The molecule has 126 valence electrons. The Kier molecular flexibility index (Phi) is 4.09. The maximum Gasteiger partial charge on any atom is 0.319 e. The van der Waals surface area contributed by atoms with Crippen molar-refractivity contribution in [3.8, 4) is 0 Å². The molecule has 1 aliphatic rings. The zero-order chi connectivity index (χ0) is 17.5. The van der Waals surface area contributed by atoms with Crippen LogP contribution in [0.15, 0.2) is 30.4 Å². The lowest BCUT2D eigenvalue weighted by Crippen LogP contribution is -2.46. The molecule has 1 atom stereocenters. The monoisotopic (exact) mass is 347 g/mol. The predicted octanol–water partition coefficient (Wildman–Crippen LogP) is 3.16. The van der Waals surface area contributed by atoms with Crippen LogP contribution < -0.4 is 0 Å². The number of rotatable bonds is 4. The summed E-state index contributed by atoms with van der Waals surface area (Å²) < 4.78 is 0. The predicted molar refractivity (Wildman–Crippen MR) is 90.7 cm³/mol. The average Bonchev–Trinajstić information content (AvgIpc) is 3.19. The first-order valence-electron chi connectivity index (χ1n) is 7.66. The zero-order valence-corrected chi connectivity index (χ0v) is 14.2. The van der Waals surface area contributed by atoms with E-state index in [1.54, 1.807) is 37.4 Å². The number of hydrogen-bond donors (Lipinski definition) is 2. The van der Waals surface area contributed by atoms with Crippen LogP contribution in [-0.2, 0) is 9.59 Å². The summed E-state index contributed by atoms with van der Waals surface area (Å²) in [6.45, 7) is 1.81. The minimum absolute atomic E-state index is 0.216. The number of carboxylic acids is 1. The van der Waals surface area contributed by atoms with Crippen molar-refractivity contribution in [2.75, 3.05) is 7.05 Å². The third kappa shape index (κ3) is 2.57. The van der Waals surface area contributed by atoms with Crippen LogP contribution in [0, 0.1) is 5.41 Å². The summed E-state index contributed by atoms with van der Waals surface area (Å²) >= 11 is 5.98. The molecular weight excluding hydrogens is 330 g/mol. The number of aliphatic carboxylic acids is 1. The van der Waals surface area contributed by atoms with E-state index < -0.39 is 17.3 Å². The second-order valence-electron chi connectivity index (χ2n) is 6.14. The fourth-order valence-electron chi connectivity index (χ4n) is 2.99. The number of aromatic amines is 1. The molecule has 0 aliphatic heterocycles. The molecule has 0 fully saturated rings. The maximum atomic E-state index is 12.8. The number of nitrogens with one attached hydrogen (secondary N) is 1. The van der Waals surface area contributed by atoms with Gasteiger partial charge < -0.3 is 15.0 Å². The first-order valence-corrected chi connectivity index (χ1v) is 8.04. The highest BCUT2D eigenvalue weighted by Gasteiger charge is 2.48. The van der Waals surface area contributed by atoms with Crippen molar-refractivity contribution >= 4 is 34.5 Å². The molecule has 0 radical (unpaired) electrons. The number of hydrogen-bond acceptors (Lipinski definition) is 3. The van der Waals surface area contributed by atoms with Crippen LogP contribution >= 0.6 is 11.6 Å². The van der Waals surface area contributed by atoms with Gasteiger partial charge in [0.25, 0.3) is 0 Å². The standard InChI is InChI=1S/C17H18ClN3O3/c1-10(14-19-12-6-5-11(18)9-13(12)20-14)21(2)15(22)17(16(23)24)7-3-4-8-17/h3-6,9-10H,7-8H2,1-2H3,(H,19,20)(H,23,24). The Morgan fingerprint density at radius 3 is 2.67 bits per heavy atom. The number of carbonyl (C=O) groups is 2. The van der Waals surface area contributed by atoms with Crippen molar-refractivity contribution in [1.82, 2.24) is 14.9 Å². The molecule has 24 heavy (non-hydrogen) atoms. The molecule has 0 bridgehead atoms. The van der Waals surface area contributed by atoms with E-state index >= 15 is 0 Å². The van der Waals surface area contributed by atoms with Crippen molar-refractivity contribution in [3.63, 3.8) is 0 Å². The molecular formula is C17H18ClN3O3. The molecule has 1 heterocycles. The molecule has 1 aromatic carbocycles. The van der Waals surface area contributed by atoms with Gasteiger partial charge in [-0.1, -0.05) is 23.8 Å². The largest absolute Gasteiger partial charge is 0.480 e. The molecule has 0 saturated heterocycles. The summed E-state index contributed by atoms with van der Waals surface area (Å²) in [4.78, 5) is 33.6. The molecule has 2 aromatic rings. The minimum atomic E-state index is -1.40. The van der Waals surface area contributed by atoms with Crippen LogP contribution in [0.2, 0.25) is 5.02 Å². The number of benzene rings is 1. The van der Waals surface area contributed by atoms with Gasteiger partial charge >= 0.3 is 5.97 Å². The number of carbonyl (C=O) groups excluding carboxylic acids is 1. The summed E-state index contributed by atoms with van der Waals surface area (Å²) in [5.74, 6) is -0.909. The van der Waals surface area contributed by atoms with Gasteiger partial charge in [-0.25, -0.2) is 4.98 Å². The maximum absolute atomic E-state index is 12.8. The van der Waals surface area contributed by atoms with Gasteiger partial charge in [-0.15, -0.1) is 0 Å². The number of halogens is 1. The van der Waals surface area contributed by atoms with Crippen LogP contribution in [0.25, 0.3) is 11.0 Å². The van der Waals surface area contributed by atoms with Gasteiger partial charge in [0.1, 0.15) is 5.82 Å². The van der Waals surface area contributed by atoms with Crippen molar-refractivity contribution in [3.05, 3.63) is 41.2 Å². The van der Waals surface area contributed by atoms with Crippen molar-refractivity contribution in [2.45, 2.75) is 25.8 Å². The summed E-state index contributed by atoms with van der Waals surface area (Å²) in [7, 11) is 1.61. The second-order valence-corrected chi connectivity index (χ2v) is 6.58. The van der Waals surface area contributed by atoms with E-state index in [1.807, 2.05) is 6.92 Å². The van der Waals surface area contributed by atoms with E-state index in [4.69, 9.17) is 11.6 Å². The van der Waals surface area contributed by atoms with Gasteiger partial charge in [-0.3, -0.25) is 9.59 Å². The second kappa shape index (κ2) is 5.94. The molecule has 0 spiro atoms. The number of fused-ring (bicyclic) bond motifs is 1. The lowest BCUT2D eigenvalue weighted by Gasteiger charge is -2.31. The molecule has 3 rings (SSSR count). The zero-order valence-electron chi connectivity index (χ0n) is 13.4. The number of imidazole rings is 1. The van der Waals surface area contributed by atoms with Crippen molar-refractivity contribution in [2.24, 2.45) is 5.41 Å². The van der Waals surface area contributed by atoms with E-state index in [9.17, 15) is 14.7 Å². The molecule has 1 aliphatic carbocycles. The van der Waals surface area contributed by atoms with E-state index in [0.717, 1.165) is 11.0 Å². The lowest BCUT2D eigenvalue weighted by atomic mass is 9.83. The van der Waals surface area contributed by atoms with Gasteiger partial charge in [-0.2, -0.15) is 0 Å². The van der Waals surface area contributed by atoms with Gasteiger partial charge in [0, 0.05) is 12.1 Å². The van der Waals surface area contributed by atoms with Crippen LogP contribution in [0.5, 0.6) is 0 Å². The van der Waals surface area contributed by atoms with Crippen LogP contribution in [0.1, 0.15) is 31.6 Å². The Bertz CT molecular complexity index is 835. The summed E-state index contributed by atoms with van der Waals surface area (Å²) in [5, 5.41) is 10.1. The normalized spacial score (nSPS) is 17.1. The molecule has 2 N–H and O–H groups in total. The smallest absolute Gasteiger partial charge is 0.319 e. The van der Waals surface area contributed by atoms with E-state index in [1.165, 1.54) is 4.90 Å². The molecule has 7 heteroatoms. The van der Waals surface area contributed by atoms with Gasteiger partial charge in [0.05, 0.1) is 17.1 Å². The topological polar surface area (TPSA) is 86.3 Å². The molecule has 1 unspecified atom stereocenters. The van der Waals surface area contributed by atoms with Crippen LogP contribution in [0.3, 0.4) is 0 Å². The number of nitrogens with zero attached hydrogens (tertiary/aromatic N) is 2. The first-order chi connectivity index (χ1) is 11.3. The van der Waals surface area contributed by atoms with E-state index in [2.05, 4.69) is 9.97 Å². The number of carboxylic acid groups (broad SMARTS) is 1. The third-order valence-corrected chi connectivity index (χ3v) is 4.91. The van der Waals surface area contributed by atoms with Crippen molar-refractivity contribution < 1.29 is 14.7 Å². The fraction of sp³-hybridized carbons (Fsp3) is 0.353. The Morgan fingerprint density at radius 2 is 2.04 bits per heavy atom. The van der Waals surface area contributed by atoms with Gasteiger partial charge in [-0.05, 0) is 38.0 Å². The summed E-state index contributed by atoms with van der Waals surface area (Å²) in [5.41, 5.74) is 0.122. The number of amides is 1. The molecule has 0 saturated carbocycles. The Balaban J connectivity index is 1.88. The fourth-order valence-corrected chi connectivity index (χ4v) is 3.16. The SMILES string of the molecule is CC(c1nc2ccc(Cl)cc2[nH]1)N(C)C(=O)C1(C(=O)O)CC=CC1. The first kappa shape index (κ1) is 16.5. The number of allylic oxidation sites excluding steroid dienone is 2. The highest BCUT2D eigenvalue weighted by atomic mass is 35.5. The number of H-pyrrole nitrogens is 1. The van der Waals surface area contributed by atoms with Crippen LogP contribution in [-0.4, -0.2) is 38.9 Å². The van der Waals surface area contributed by atoms with E-state index in [0.29, 0.717) is 10.8 Å². The average molecular weight is 348 g/mol. The van der Waals surface area contributed by atoms with E-state index in [-0.39, 0.29) is 18.9 Å². The van der Waals surface area contributed by atoms with Gasteiger partial charge in [0.15, 0.2) is 5.41 Å². The summed E-state index contributed by atoms with van der Waals surface area (Å²) in [6.07, 6.45) is 3.92. The number of aromatic nitrogens is 2. The molecule has 1 aromatic heterocycles. The Hall–Kier alpha value is -2.34. The third-order valence-electron chi connectivity index (χ3n) is 4.68. The Morgan fingerprint density at radius 1 is 1.38 bits per heavy atom. The van der Waals surface area contributed by atoms with Crippen LogP contribution in [0.4, 0.5) is 0 Å². The highest BCUT2D eigenvalue weighted by molar-refractivity contribution is 6.31. The quantitative estimate of drug-likeness (QED) is 0.657. The Labute approximate surface area is 144 Å². The van der Waals surface area contributed by atoms with Gasteiger partial charge in [0.2, 0.25) is 5.91 Å². The minimum Gasteiger partial charge on any atom is -0.480 e. The summed E-state index contributed by atoms with van der Waals surface area (Å²) in [6, 6.07) is 4.92. The highest BCUT2D eigenvalue weighted by Crippen LogP contribution is 2.37.